The fourth-order valence-electron chi connectivity index (χ4n) is 2.38. The van der Waals surface area contributed by atoms with Crippen molar-refractivity contribution in [3.63, 3.8) is 0 Å². The van der Waals surface area contributed by atoms with E-state index in [4.69, 9.17) is 0 Å². The third-order valence-corrected chi connectivity index (χ3v) is 4.38. The molecule has 3 rings (SSSR count). The van der Waals surface area contributed by atoms with E-state index in [2.05, 4.69) is 10.1 Å². The van der Waals surface area contributed by atoms with Crippen molar-refractivity contribution in [3.05, 3.63) is 63.9 Å². The lowest BCUT2D eigenvalue weighted by molar-refractivity contribution is 0.0783. The van der Waals surface area contributed by atoms with E-state index in [1.54, 1.807) is 34.2 Å². The molecular weight excluding hydrogens is 308 g/mol. The van der Waals surface area contributed by atoms with Crippen LogP contribution in [0.2, 0.25) is 0 Å². The standard InChI is InChI=1S/C17H18N4OS/c1-12-16(10-21(19-12)15-7-5-4-6-8-15)17(22)20(3)9-14-11-23-13(2)18-14/h4-8,10-11H,9H2,1-3H3. The minimum atomic E-state index is -0.0460. The zero-order chi connectivity index (χ0) is 16.4. The number of nitrogens with zero attached hydrogens (tertiary/aromatic N) is 4. The van der Waals surface area contributed by atoms with Gasteiger partial charge in [0.25, 0.3) is 5.91 Å². The fourth-order valence-corrected chi connectivity index (χ4v) is 2.99. The summed E-state index contributed by atoms with van der Waals surface area (Å²) < 4.78 is 1.74. The Morgan fingerprint density at radius 1 is 1.26 bits per heavy atom. The molecule has 0 saturated heterocycles. The topological polar surface area (TPSA) is 51.0 Å². The summed E-state index contributed by atoms with van der Waals surface area (Å²) in [6.45, 7) is 4.32. The van der Waals surface area contributed by atoms with Crippen LogP contribution < -0.4 is 0 Å². The van der Waals surface area contributed by atoms with Crippen molar-refractivity contribution in [1.29, 1.82) is 0 Å². The first kappa shape index (κ1) is 15.4. The van der Waals surface area contributed by atoms with Crippen LogP contribution in [-0.4, -0.2) is 32.6 Å². The Hall–Kier alpha value is -2.47. The number of rotatable bonds is 4. The molecule has 2 heterocycles. The molecular formula is C17H18N4OS. The smallest absolute Gasteiger partial charge is 0.257 e. The van der Waals surface area contributed by atoms with Crippen LogP contribution >= 0.6 is 11.3 Å². The summed E-state index contributed by atoms with van der Waals surface area (Å²) in [6.07, 6.45) is 1.79. The zero-order valence-electron chi connectivity index (χ0n) is 13.4. The minimum absolute atomic E-state index is 0.0460. The first-order valence-corrected chi connectivity index (χ1v) is 8.20. The summed E-state index contributed by atoms with van der Waals surface area (Å²) >= 11 is 1.59. The fraction of sp³-hybridized carbons (Fsp3) is 0.235. The van der Waals surface area contributed by atoms with Gasteiger partial charge in [-0.15, -0.1) is 11.3 Å². The lowest BCUT2D eigenvalue weighted by atomic mass is 10.2. The molecule has 2 aromatic heterocycles. The quantitative estimate of drug-likeness (QED) is 0.740. The molecule has 0 N–H and O–H groups in total. The molecule has 118 valence electrons. The molecule has 0 aliphatic carbocycles. The third-order valence-electron chi connectivity index (χ3n) is 3.56. The summed E-state index contributed by atoms with van der Waals surface area (Å²) in [5.41, 5.74) is 3.19. The third kappa shape index (κ3) is 3.32. The second kappa shape index (κ2) is 6.34. The van der Waals surface area contributed by atoms with Gasteiger partial charge < -0.3 is 4.90 Å². The van der Waals surface area contributed by atoms with Gasteiger partial charge in [-0.2, -0.15) is 5.10 Å². The lowest BCUT2D eigenvalue weighted by Crippen LogP contribution is -2.26. The van der Waals surface area contributed by atoms with E-state index in [9.17, 15) is 4.79 Å². The highest BCUT2D eigenvalue weighted by Gasteiger charge is 2.18. The second-order valence-electron chi connectivity index (χ2n) is 5.43. The van der Waals surface area contributed by atoms with Crippen molar-refractivity contribution < 1.29 is 4.79 Å². The lowest BCUT2D eigenvalue weighted by Gasteiger charge is -2.15. The predicted molar refractivity (Wildman–Crippen MR) is 90.9 cm³/mol. The Morgan fingerprint density at radius 3 is 2.65 bits per heavy atom. The molecule has 6 heteroatoms. The van der Waals surface area contributed by atoms with E-state index in [-0.39, 0.29) is 5.91 Å². The van der Waals surface area contributed by atoms with E-state index < -0.39 is 0 Å². The maximum absolute atomic E-state index is 12.7. The van der Waals surface area contributed by atoms with E-state index in [1.165, 1.54) is 0 Å². The Kier molecular flexibility index (Phi) is 4.25. The molecule has 0 aliphatic rings. The average molecular weight is 326 g/mol. The van der Waals surface area contributed by atoms with Crippen molar-refractivity contribution in [2.75, 3.05) is 7.05 Å². The first-order chi connectivity index (χ1) is 11.0. The molecule has 1 amide bonds. The number of hydrogen-bond acceptors (Lipinski definition) is 4. The molecule has 0 spiro atoms. The van der Waals surface area contributed by atoms with Gasteiger partial charge in [0.2, 0.25) is 0 Å². The van der Waals surface area contributed by atoms with Crippen LogP contribution in [-0.2, 0) is 6.54 Å². The van der Waals surface area contributed by atoms with Gasteiger partial charge in [-0.25, -0.2) is 9.67 Å². The minimum Gasteiger partial charge on any atom is -0.336 e. The van der Waals surface area contributed by atoms with E-state index in [0.29, 0.717) is 12.1 Å². The number of carbonyl (C=O) groups is 1. The summed E-state index contributed by atoms with van der Waals surface area (Å²) in [5, 5.41) is 7.44. The molecule has 0 aliphatic heterocycles. The van der Waals surface area contributed by atoms with E-state index in [1.807, 2.05) is 49.6 Å². The summed E-state index contributed by atoms with van der Waals surface area (Å²) in [5.74, 6) is -0.0460. The highest BCUT2D eigenvalue weighted by molar-refractivity contribution is 7.09. The highest BCUT2D eigenvalue weighted by Crippen LogP contribution is 2.15. The number of aryl methyl sites for hydroxylation is 2. The summed E-state index contributed by atoms with van der Waals surface area (Å²) in [6, 6.07) is 9.77. The number of carbonyl (C=O) groups excluding carboxylic acids is 1. The van der Waals surface area contributed by atoms with Crippen molar-refractivity contribution in [1.82, 2.24) is 19.7 Å². The normalized spacial score (nSPS) is 10.7. The molecule has 0 unspecified atom stereocenters. The van der Waals surface area contributed by atoms with E-state index in [0.717, 1.165) is 22.1 Å². The molecule has 5 nitrogen and oxygen atoms in total. The summed E-state index contributed by atoms with van der Waals surface area (Å²) in [7, 11) is 1.79. The van der Waals surface area contributed by atoms with Crippen molar-refractivity contribution >= 4 is 17.2 Å². The van der Waals surface area contributed by atoms with Gasteiger partial charge in [0.05, 0.1) is 34.2 Å². The molecule has 0 saturated carbocycles. The Labute approximate surface area is 139 Å². The van der Waals surface area contributed by atoms with Crippen LogP contribution in [0.25, 0.3) is 5.69 Å². The number of para-hydroxylation sites is 1. The van der Waals surface area contributed by atoms with Crippen LogP contribution in [0, 0.1) is 13.8 Å². The highest BCUT2D eigenvalue weighted by atomic mass is 32.1. The maximum Gasteiger partial charge on any atom is 0.257 e. The zero-order valence-corrected chi connectivity index (χ0v) is 14.2. The van der Waals surface area contributed by atoms with Crippen LogP contribution in [0.15, 0.2) is 41.9 Å². The molecule has 1 aromatic carbocycles. The predicted octanol–water partition coefficient (Wildman–Crippen LogP) is 3.22. The molecule has 23 heavy (non-hydrogen) atoms. The molecule has 3 aromatic rings. The molecule has 0 fully saturated rings. The van der Waals surface area contributed by atoms with Crippen molar-refractivity contribution in [3.8, 4) is 5.69 Å². The number of aromatic nitrogens is 3. The van der Waals surface area contributed by atoms with E-state index >= 15 is 0 Å². The van der Waals surface area contributed by atoms with Crippen molar-refractivity contribution in [2.45, 2.75) is 20.4 Å². The SMILES string of the molecule is Cc1nc(CN(C)C(=O)c2cn(-c3ccccc3)nc2C)cs1. The van der Waals surface area contributed by atoms with Crippen molar-refractivity contribution in [2.24, 2.45) is 0 Å². The van der Waals surface area contributed by atoms with Crippen LogP contribution in [0.4, 0.5) is 0 Å². The van der Waals surface area contributed by atoms with Crippen LogP contribution in [0.3, 0.4) is 0 Å². The maximum atomic E-state index is 12.7. The second-order valence-corrected chi connectivity index (χ2v) is 6.49. The summed E-state index contributed by atoms with van der Waals surface area (Å²) in [4.78, 5) is 18.7. The number of benzene rings is 1. The largest absolute Gasteiger partial charge is 0.336 e. The Bertz CT molecular complexity index is 822. The van der Waals surface area contributed by atoms with Crippen LogP contribution in [0.1, 0.15) is 26.8 Å². The van der Waals surface area contributed by atoms with Gasteiger partial charge in [0.15, 0.2) is 0 Å². The first-order valence-electron chi connectivity index (χ1n) is 7.33. The van der Waals surface area contributed by atoms with Gasteiger partial charge in [0, 0.05) is 18.6 Å². The monoisotopic (exact) mass is 326 g/mol. The average Bonchev–Trinajstić information content (AvgIpc) is 3.13. The van der Waals surface area contributed by atoms with Gasteiger partial charge in [-0.3, -0.25) is 4.79 Å². The Balaban J connectivity index is 1.81. The van der Waals surface area contributed by atoms with Gasteiger partial charge in [-0.05, 0) is 26.0 Å². The molecule has 0 radical (unpaired) electrons. The van der Waals surface area contributed by atoms with Gasteiger partial charge >= 0.3 is 0 Å². The molecule has 0 atom stereocenters. The van der Waals surface area contributed by atoms with Crippen LogP contribution in [0.5, 0.6) is 0 Å². The van der Waals surface area contributed by atoms with Gasteiger partial charge in [-0.1, -0.05) is 18.2 Å². The number of amides is 1. The Morgan fingerprint density at radius 2 is 2.00 bits per heavy atom. The van der Waals surface area contributed by atoms with Gasteiger partial charge in [0.1, 0.15) is 0 Å². The molecule has 0 bridgehead atoms. The number of hydrogen-bond donors (Lipinski definition) is 0. The number of thiazole rings is 1.